The Morgan fingerprint density at radius 3 is 2.16 bits per heavy atom. The smallest absolute Gasteiger partial charge is 0.275 e. The van der Waals surface area contributed by atoms with E-state index in [-0.39, 0.29) is 40.0 Å². The predicted molar refractivity (Wildman–Crippen MR) is 173 cm³/mol. The van der Waals surface area contributed by atoms with Gasteiger partial charge in [-0.25, -0.2) is 14.0 Å². The summed E-state index contributed by atoms with van der Waals surface area (Å²) in [6, 6.07) is 10.1. The summed E-state index contributed by atoms with van der Waals surface area (Å²) in [6.45, 7) is 17.5. The van der Waals surface area contributed by atoms with Crippen LogP contribution in [0.25, 0.3) is 0 Å². The molecule has 8 nitrogen and oxygen atoms in total. The molecule has 2 amide bonds. The SMILES string of the molecule is CC(CCC1(C)N=C(c2cc(F)cc(F)c2)C(=O)N1[C@H](CCC(C)(C)C)c1ccc(C(=O)NCc2n[nH]n2C)cc1)C(C)(C)C. The van der Waals surface area contributed by atoms with Gasteiger partial charge in [0.25, 0.3) is 11.8 Å². The first-order chi connectivity index (χ1) is 20.9. The first kappa shape index (κ1) is 34.1. The number of nitrogens with one attached hydrogen (secondary N) is 2. The Kier molecular flexibility index (Phi) is 9.75. The van der Waals surface area contributed by atoms with E-state index in [1.807, 2.05) is 31.0 Å². The second kappa shape index (κ2) is 12.9. The summed E-state index contributed by atoms with van der Waals surface area (Å²) in [7, 11) is 1.82. The molecule has 0 fully saturated rings. The van der Waals surface area contributed by atoms with Gasteiger partial charge >= 0.3 is 0 Å². The fourth-order valence-corrected chi connectivity index (χ4v) is 5.64. The predicted octanol–water partition coefficient (Wildman–Crippen LogP) is 7.33. The van der Waals surface area contributed by atoms with Gasteiger partial charge in [0.05, 0.1) is 12.6 Å². The third-order valence-corrected chi connectivity index (χ3v) is 9.12. The van der Waals surface area contributed by atoms with E-state index in [1.54, 1.807) is 16.8 Å². The van der Waals surface area contributed by atoms with Crippen molar-refractivity contribution in [1.29, 1.82) is 0 Å². The van der Waals surface area contributed by atoms with Crippen LogP contribution in [0.1, 0.15) is 114 Å². The molecular weight excluding hydrogens is 574 g/mol. The van der Waals surface area contributed by atoms with Crippen LogP contribution in [0.3, 0.4) is 0 Å². The van der Waals surface area contributed by atoms with Crippen molar-refractivity contribution in [2.45, 2.75) is 99.3 Å². The number of nitrogens with zero attached hydrogens (tertiary/aromatic N) is 4. The number of halogens is 2. The summed E-state index contributed by atoms with van der Waals surface area (Å²) >= 11 is 0. The second-order valence-corrected chi connectivity index (χ2v) is 14.9. The Balaban J connectivity index is 1.71. The molecule has 0 radical (unpaired) electrons. The van der Waals surface area contributed by atoms with Gasteiger partial charge in [-0.2, -0.15) is 0 Å². The molecule has 0 saturated heterocycles. The number of carbonyl (C=O) groups is 2. The summed E-state index contributed by atoms with van der Waals surface area (Å²) in [5, 5.41) is 9.63. The Morgan fingerprint density at radius 1 is 1.02 bits per heavy atom. The van der Waals surface area contributed by atoms with Crippen LogP contribution in [-0.2, 0) is 18.4 Å². The van der Waals surface area contributed by atoms with Crippen molar-refractivity contribution in [1.82, 2.24) is 25.2 Å². The minimum absolute atomic E-state index is 0.0143. The van der Waals surface area contributed by atoms with Gasteiger partial charge in [0.15, 0.2) is 5.82 Å². The number of aromatic nitrogens is 3. The third kappa shape index (κ3) is 8.07. The van der Waals surface area contributed by atoms with Crippen LogP contribution in [-0.4, -0.2) is 43.1 Å². The van der Waals surface area contributed by atoms with Gasteiger partial charge < -0.3 is 10.2 Å². The van der Waals surface area contributed by atoms with Crippen LogP contribution >= 0.6 is 0 Å². The number of aryl methyl sites for hydroxylation is 1. The summed E-state index contributed by atoms with van der Waals surface area (Å²) < 4.78 is 30.4. The molecule has 2 heterocycles. The van der Waals surface area contributed by atoms with Gasteiger partial charge in [-0.3, -0.25) is 19.3 Å². The lowest BCUT2D eigenvalue weighted by molar-refractivity contribution is -0.131. The molecule has 2 unspecified atom stereocenters. The number of amides is 2. The number of rotatable bonds is 11. The van der Waals surface area contributed by atoms with E-state index in [9.17, 15) is 18.4 Å². The number of aliphatic imine (C=N–C) groups is 1. The van der Waals surface area contributed by atoms with Crippen LogP contribution < -0.4 is 5.32 Å². The highest BCUT2D eigenvalue weighted by Crippen LogP contribution is 2.43. The molecule has 4 rings (SSSR count). The van der Waals surface area contributed by atoms with E-state index >= 15 is 0 Å². The van der Waals surface area contributed by atoms with Crippen molar-refractivity contribution in [3.8, 4) is 0 Å². The molecule has 3 aromatic rings. The Labute approximate surface area is 265 Å². The maximum atomic E-state index is 14.4. The van der Waals surface area contributed by atoms with Crippen molar-refractivity contribution in [3.63, 3.8) is 0 Å². The average molecular weight is 623 g/mol. The van der Waals surface area contributed by atoms with Crippen LogP contribution in [0, 0.1) is 28.4 Å². The van der Waals surface area contributed by atoms with Gasteiger partial charge in [-0.05, 0) is 79.2 Å². The Bertz CT molecular complexity index is 1520. The number of aromatic amines is 1. The van der Waals surface area contributed by atoms with Gasteiger partial charge in [0.1, 0.15) is 23.0 Å². The normalized spacial score (nSPS) is 18.7. The Hall–Kier alpha value is -3.82. The molecule has 0 saturated carbocycles. The van der Waals surface area contributed by atoms with E-state index in [2.05, 4.69) is 64.1 Å². The Morgan fingerprint density at radius 2 is 1.64 bits per heavy atom. The molecule has 1 aliphatic heterocycles. The van der Waals surface area contributed by atoms with Crippen molar-refractivity contribution < 1.29 is 18.4 Å². The van der Waals surface area contributed by atoms with Crippen LogP contribution in [0.4, 0.5) is 8.78 Å². The zero-order valence-electron chi connectivity index (χ0n) is 28.1. The molecule has 2 aromatic carbocycles. The quantitative estimate of drug-likeness (QED) is 0.234. The molecule has 3 atom stereocenters. The van der Waals surface area contributed by atoms with Crippen molar-refractivity contribution >= 4 is 17.5 Å². The minimum Gasteiger partial charge on any atom is -0.345 e. The van der Waals surface area contributed by atoms with Crippen LogP contribution in [0.15, 0.2) is 47.5 Å². The lowest BCUT2D eigenvalue weighted by Crippen LogP contribution is -2.47. The summed E-state index contributed by atoms with van der Waals surface area (Å²) in [5.41, 5.74) is 0.652. The largest absolute Gasteiger partial charge is 0.345 e. The number of hydrogen-bond acceptors (Lipinski definition) is 4. The van der Waals surface area contributed by atoms with Crippen LogP contribution in [0.5, 0.6) is 0 Å². The van der Waals surface area contributed by atoms with Crippen molar-refractivity contribution in [3.05, 3.63) is 76.6 Å². The highest BCUT2D eigenvalue weighted by molar-refractivity contribution is 6.46. The average Bonchev–Trinajstić information content (AvgIpc) is 3.20. The molecular formula is C35H48F2N6O2. The highest BCUT2D eigenvalue weighted by atomic mass is 19.1. The van der Waals surface area contributed by atoms with E-state index in [4.69, 9.17) is 4.99 Å². The van der Waals surface area contributed by atoms with Gasteiger partial charge in [-0.15, -0.1) is 5.10 Å². The van der Waals surface area contributed by atoms with E-state index in [0.717, 1.165) is 30.3 Å². The fourth-order valence-electron chi connectivity index (χ4n) is 5.64. The minimum atomic E-state index is -0.948. The van der Waals surface area contributed by atoms with E-state index in [1.165, 1.54) is 12.1 Å². The molecule has 1 aromatic heterocycles. The second-order valence-electron chi connectivity index (χ2n) is 14.9. The first-order valence-corrected chi connectivity index (χ1v) is 15.7. The standard InChI is InChI=1S/C35H48F2N6O2/c1-22(34(5,6)7)14-17-35(8)39-30(25-18-26(36)20-27(37)19-25)32(45)43(35)28(15-16-33(2,3)4)23-10-12-24(13-11-23)31(44)38-21-29-40-41-42(29)9/h10-13,18-20,22,28,41H,14-17,21H2,1-9H3,(H,38,44)/t22?,28-,35?/m1/s1. The third-order valence-electron chi connectivity index (χ3n) is 9.12. The molecule has 10 heteroatoms. The maximum Gasteiger partial charge on any atom is 0.275 e. The van der Waals surface area contributed by atoms with Crippen molar-refractivity contribution in [2.75, 3.05) is 0 Å². The lowest BCUT2D eigenvalue weighted by Gasteiger charge is -2.41. The number of H-pyrrole nitrogens is 1. The molecule has 244 valence electrons. The summed E-state index contributed by atoms with van der Waals surface area (Å²) in [4.78, 5) is 34.0. The first-order valence-electron chi connectivity index (χ1n) is 15.7. The van der Waals surface area contributed by atoms with E-state index in [0.29, 0.717) is 30.9 Å². The summed E-state index contributed by atoms with van der Waals surface area (Å²) in [6.07, 6.45) is 2.84. The fraction of sp³-hybridized carbons (Fsp3) is 0.543. The number of benzene rings is 2. The lowest BCUT2D eigenvalue weighted by atomic mass is 9.78. The topological polar surface area (TPSA) is 95.4 Å². The highest BCUT2D eigenvalue weighted by Gasteiger charge is 2.48. The summed E-state index contributed by atoms with van der Waals surface area (Å²) in [5.74, 6) is -1.04. The molecule has 0 bridgehead atoms. The number of carbonyl (C=O) groups excluding carboxylic acids is 2. The van der Waals surface area contributed by atoms with Crippen molar-refractivity contribution in [2.24, 2.45) is 28.8 Å². The van der Waals surface area contributed by atoms with Crippen LogP contribution in [0.2, 0.25) is 0 Å². The van der Waals surface area contributed by atoms with Gasteiger partial charge in [0.2, 0.25) is 0 Å². The van der Waals surface area contributed by atoms with E-state index < -0.39 is 17.3 Å². The molecule has 45 heavy (non-hydrogen) atoms. The monoisotopic (exact) mass is 622 g/mol. The van der Waals surface area contributed by atoms with Gasteiger partial charge in [-0.1, -0.05) is 60.6 Å². The molecule has 0 spiro atoms. The molecule has 1 aliphatic rings. The molecule has 0 aliphatic carbocycles. The molecule has 2 N–H and O–H groups in total. The van der Waals surface area contributed by atoms with Gasteiger partial charge in [0, 0.05) is 24.2 Å². The maximum absolute atomic E-state index is 14.4. The zero-order chi connectivity index (χ0) is 33.3. The number of hydrogen-bond donors (Lipinski definition) is 2. The zero-order valence-corrected chi connectivity index (χ0v) is 28.1.